The smallest absolute Gasteiger partial charge is 0.261 e. The number of hydrogen-bond donors (Lipinski definition) is 1. The van der Waals surface area contributed by atoms with Gasteiger partial charge in [-0.05, 0) is 19.1 Å². The molecule has 1 heterocycles. The molecular formula is C17H20N2O5. The maximum Gasteiger partial charge on any atom is 0.261 e. The first kappa shape index (κ1) is 17.4. The molecular weight excluding hydrogens is 312 g/mol. The van der Waals surface area contributed by atoms with Crippen molar-refractivity contribution in [2.75, 3.05) is 33.3 Å². The fourth-order valence-electron chi connectivity index (χ4n) is 2.17. The number of nitrogens with one attached hydrogen (secondary N) is 1. The molecule has 128 valence electrons. The standard InChI is InChI=1S/C17H20N2O5/c1-5-24-17-12(7-6-8-18-17)16(20)19-11-9-13(21-2)15(23-4)14(10-11)22-3/h6-10H,5H2,1-4H3,(H,19,20). The van der Waals surface area contributed by atoms with Gasteiger partial charge < -0.3 is 24.3 Å². The Labute approximate surface area is 140 Å². The van der Waals surface area contributed by atoms with Crippen LogP contribution in [-0.4, -0.2) is 38.8 Å². The average Bonchev–Trinajstić information content (AvgIpc) is 2.61. The Bertz CT molecular complexity index is 693. The average molecular weight is 332 g/mol. The highest BCUT2D eigenvalue weighted by Gasteiger charge is 2.17. The Morgan fingerprint density at radius 2 is 1.79 bits per heavy atom. The Morgan fingerprint density at radius 3 is 2.33 bits per heavy atom. The summed E-state index contributed by atoms with van der Waals surface area (Å²) in [6, 6.07) is 6.61. The number of nitrogens with zero attached hydrogens (tertiary/aromatic N) is 1. The summed E-state index contributed by atoms with van der Waals surface area (Å²) in [6.07, 6.45) is 1.57. The first-order valence-electron chi connectivity index (χ1n) is 7.33. The largest absolute Gasteiger partial charge is 0.493 e. The van der Waals surface area contributed by atoms with Gasteiger partial charge in [0.2, 0.25) is 11.6 Å². The number of rotatable bonds is 7. The minimum atomic E-state index is -0.346. The van der Waals surface area contributed by atoms with Gasteiger partial charge >= 0.3 is 0 Å². The lowest BCUT2D eigenvalue weighted by atomic mass is 10.2. The number of benzene rings is 1. The molecule has 1 amide bonds. The first-order chi connectivity index (χ1) is 11.6. The summed E-state index contributed by atoms with van der Waals surface area (Å²) < 4.78 is 21.2. The summed E-state index contributed by atoms with van der Waals surface area (Å²) in [7, 11) is 4.54. The molecule has 0 unspecified atom stereocenters. The van der Waals surface area contributed by atoms with E-state index in [0.29, 0.717) is 35.1 Å². The SMILES string of the molecule is CCOc1ncccc1C(=O)Nc1cc(OC)c(OC)c(OC)c1. The molecule has 1 aromatic carbocycles. The van der Waals surface area contributed by atoms with Crippen molar-refractivity contribution in [3.63, 3.8) is 0 Å². The van der Waals surface area contributed by atoms with Crippen LogP contribution in [0.25, 0.3) is 0 Å². The van der Waals surface area contributed by atoms with Crippen molar-refractivity contribution in [1.29, 1.82) is 0 Å². The van der Waals surface area contributed by atoms with Crippen LogP contribution in [0.1, 0.15) is 17.3 Å². The second kappa shape index (κ2) is 8.05. The molecule has 0 fully saturated rings. The van der Waals surface area contributed by atoms with Gasteiger partial charge in [0.1, 0.15) is 5.56 Å². The molecule has 24 heavy (non-hydrogen) atoms. The number of amides is 1. The highest BCUT2D eigenvalue weighted by atomic mass is 16.5. The predicted molar refractivity (Wildman–Crippen MR) is 89.5 cm³/mol. The van der Waals surface area contributed by atoms with Gasteiger partial charge in [0.05, 0.1) is 27.9 Å². The Kier molecular flexibility index (Phi) is 5.83. The molecule has 7 nitrogen and oxygen atoms in total. The van der Waals surface area contributed by atoms with Crippen molar-refractivity contribution in [2.24, 2.45) is 0 Å². The number of aromatic nitrogens is 1. The Hall–Kier alpha value is -2.96. The van der Waals surface area contributed by atoms with E-state index in [-0.39, 0.29) is 11.8 Å². The number of carbonyl (C=O) groups excluding carboxylic acids is 1. The molecule has 0 aliphatic carbocycles. The van der Waals surface area contributed by atoms with Gasteiger partial charge in [0, 0.05) is 24.0 Å². The summed E-state index contributed by atoms with van der Waals surface area (Å²) in [5.41, 5.74) is 0.842. The van der Waals surface area contributed by atoms with E-state index in [9.17, 15) is 4.79 Å². The monoisotopic (exact) mass is 332 g/mol. The van der Waals surface area contributed by atoms with Crippen molar-refractivity contribution in [2.45, 2.75) is 6.92 Å². The van der Waals surface area contributed by atoms with Crippen LogP contribution in [0.2, 0.25) is 0 Å². The van der Waals surface area contributed by atoms with E-state index >= 15 is 0 Å². The van der Waals surface area contributed by atoms with Crippen LogP contribution in [0.4, 0.5) is 5.69 Å². The van der Waals surface area contributed by atoms with Crippen LogP contribution >= 0.6 is 0 Å². The van der Waals surface area contributed by atoms with Crippen LogP contribution in [0, 0.1) is 0 Å². The number of anilines is 1. The second-order valence-electron chi connectivity index (χ2n) is 4.66. The van der Waals surface area contributed by atoms with Crippen molar-refractivity contribution in [3.05, 3.63) is 36.0 Å². The third-order valence-electron chi connectivity index (χ3n) is 3.22. The predicted octanol–water partition coefficient (Wildman–Crippen LogP) is 2.76. The molecule has 1 N–H and O–H groups in total. The van der Waals surface area contributed by atoms with E-state index in [1.54, 1.807) is 30.5 Å². The number of ether oxygens (including phenoxy) is 4. The van der Waals surface area contributed by atoms with Gasteiger partial charge in [-0.1, -0.05) is 0 Å². The summed E-state index contributed by atoms with van der Waals surface area (Å²) in [5, 5.41) is 2.78. The molecule has 0 saturated carbocycles. The zero-order chi connectivity index (χ0) is 17.5. The molecule has 0 spiro atoms. The van der Waals surface area contributed by atoms with Gasteiger partial charge in [-0.15, -0.1) is 0 Å². The summed E-state index contributed by atoms with van der Waals surface area (Å²) >= 11 is 0. The van der Waals surface area contributed by atoms with Gasteiger partial charge in [-0.2, -0.15) is 0 Å². The minimum Gasteiger partial charge on any atom is -0.493 e. The van der Waals surface area contributed by atoms with E-state index in [2.05, 4.69) is 10.3 Å². The van der Waals surface area contributed by atoms with E-state index in [0.717, 1.165) is 0 Å². The first-order valence-corrected chi connectivity index (χ1v) is 7.33. The maximum atomic E-state index is 12.5. The maximum absolute atomic E-state index is 12.5. The molecule has 2 rings (SSSR count). The lowest BCUT2D eigenvalue weighted by Gasteiger charge is -2.15. The van der Waals surface area contributed by atoms with Gasteiger partial charge in [0.15, 0.2) is 11.5 Å². The van der Waals surface area contributed by atoms with Crippen LogP contribution in [0.15, 0.2) is 30.5 Å². The zero-order valence-corrected chi connectivity index (χ0v) is 14.1. The molecule has 0 bridgehead atoms. The summed E-state index contributed by atoms with van der Waals surface area (Å²) in [4.78, 5) is 16.6. The van der Waals surface area contributed by atoms with E-state index < -0.39 is 0 Å². The third-order valence-corrected chi connectivity index (χ3v) is 3.22. The minimum absolute atomic E-state index is 0.282. The highest BCUT2D eigenvalue weighted by Crippen LogP contribution is 2.40. The Morgan fingerprint density at radius 1 is 1.12 bits per heavy atom. The van der Waals surface area contributed by atoms with Crippen LogP contribution in [-0.2, 0) is 0 Å². The zero-order valence-electron chi connectivity index (χ0n) is 14.1. The molecule has 0 atom stereocenters. The van der Waals surface area contributed by atoms with E-state index in [1.165, 1.54) is 21.3 Å². The number of carbonyl (C=O) groups is 1. The molecule has 0 radical (unpaired) electrons. The van der Waals surface area contributed by atoms with Crippen LogP contribution < -0.4 is 24.3 Å². The summed E-state index contributed by atoms with van der Waals surface area (Å²) in [5.74, 6) is 1.28. The van der Waals surface area contributed by atoms with Gasteiger partial charge in [-0.25, -0.2) is 4.98 Å². The van der Waals surface area contributed by atoms with E-state index in [4.69, 9.17) is 18.9 Å². The lowest BCUT2D eigenvalue weighted by molar-refractivity contribution is 0.102. The third kappa shape index (κ3) is 3.68. The van der Waals surface area contributed by atoms with Crippen molar-refractivity contribution >= 4 is 11.6 Å². The number of methoxy groups -OCH3 is 3. The highest BCUT2D eigenvalue weighted by molar-refractivity contribution is 6.06. The fraction of sp³-hybridized carbons (Fsp3) is 0.294. The Balaban J connectivity index is 2.32. The van der Waals surface area contributed by atoms with Gasteiger partial charge in [0.25, 0.3) is 5.91 Å². The summed E-state index contributed by atoms with van der Waals surface area (Å²) in [6.45, 7) is 2.25. The number of hydrogen-bond acceptors (Lipinski definition) is 6. The molecule has 0 aliphatic heterocycles. The van der Waals surface area contributed by atoms with Crippen molar-refractivity contribution in [1.82, 2.24) is 4.98 Å². The quantitative estimate of drug-likeness (QED) is 0.840. The lowest BCUT2D eigenvalue weighted by Crippen LogP contribution is -2.14. The fourth-order valence-corrected chi connectivity index (χ4v) is 2.17. The van der Waals surface area contributed by atoms with E-state index in [1.807, 2.05) is 6.92 Å². The number of pyridine rings is 1. The van der Waals surface area contributed by atoms with Crippen LogP contribution in [0.3, 0.4) is 0 Å². The molecule has 7 heteroatoms. The molecule has 2 aromatic rings. The van der Waals surface area contributed by atoms with Gasteiger partial charge in [-0.3, -0.25) is 4.79 Å². The van der Waals surface area contributed by atoms with Crippen LogP contribution in [0.5, 0.6) is 23.1 Å². The molecule has 0 aliphatic rings. The molecule has 1 aromatic heterocycles. The normalized spacial score (nSPS) is 10.0. The van der Waals surface area contributed by atoms with Crippen molar-refractivity contribution < 1.29 is 23.7 Å². The second-order valence-corrected chi connectivity index (χ2v) is 4.66. The topological polar surface area (TPSA) is 78.9 Å². The van der Waals surface area contributed by atoms with Crippen molar-refractivity contribution in [3.8, 4) is 23.1 Å². The molecule has 0 saturated heterocycles.